The van der Waals surface area contributed by atoms with Gasteiger partial charge in [0.15, 0.2) is 0 Å². The van der Waals surface area contributed by atoms with Gasteiger partial charge in [-0.1, -0.05) is 0 Å². The number of urea groups is 1. The smallest absolute Gasteiger partial charge is 0.317 e. The van der Waals surface area contributed by atoms with Crippen molar-refractivity contribution in [1.82, 2.24) is 10.2 Å². The van der Waals surface area contributed by atoms with E-state index in [4.69, 9.17) is 4.74 Å². The van der Waals surface area contributed by atoms with E-state index >= 15 is 0 Å². The first-order valence-electron chi connectivity index (χ1n) is 4.76. The van der Waals surface area contributed by atoms with E-state index in [0.717, 1.165) is 0 Å². The van der Waals surface area contributed by atoms with Crippen LogP contribution < -0.4 is 5.32 Å². The van der Waals surface area contributed by atoms with Gasteiger partial charge in [0.25, 0.3) is 0 Å². The summed E-state index contributed by atoms with van der Waals surface area (Å²) < 4.78 is 5.25. The molecule has 4 heteroatoms. The number of nitrogens with zero attached hydrogens (tertiary/aromatic N) is 1. The fourth-order valence-corrected chi connectivity index (χ4v) is 1.36. The van der Waals surface area contributed by atoms with Crippen molar-refractivity contribution in [2.75, 3.05) is 19.8 Å². The maximum absolute atomic E-state index is 11.6. The minimum Gasteiger partial charge on any atom is -0.377 e. The Balaban J connectivity index is 2.44. The van der Waals surface area contributed by atoms with Gasteiger partial charge in [0, 0.05) is 12.6 Å². The van der Waals surface area contributed by atoms with E-state index in [1.807, 2.05) is 25.7 Å². The van der Waals surface area contributed by atoms with E-state index in [1.54, 1.807) is 0 Å². The monoisotopic (exact) mass is 186 g/mol. The van der Waals surface area contributed by atoms with Gasteiger partial charge in [0.2, 0.25) is 0 Å². The Morgan fingerprint density at radius 1 is 1.62 bits per heavy atom. The summed E-state index contributed by atoms with van der Waals surface area (Å²) in [6.45, 7) is 7.91. The molecule has 13 heavy (non-hydrogen) atoms. The van der Waals surface area contributed by atoms with Crippen LogP contribution in [-0.2, 0) is 4.74 Å². The topological polar surface area (TPSA) is 41.6 Å². The van der Waals surface area contributed by atoms with Crippen LogP contribution in [0.1, 0.15) is 20.8 Å². The van der Waals surface area contributed by atoms with Gasteiger partial charge in [-0.2, -0.15) is 0 Å². The van der Waals surface area contributed by atoms with Gasteiger partial charge in [0.1, 0.15) is 0 Å². The lowest BCUT2D eigenvalue weighted by atomic mass is 10.3. The Kier molecular flexibility index (Phi) is 3.54. The Morgan fingerprint density at radius 2 is 2.31 bits per heavy atom. The highest BCUT2D eigenvalue weighted by atomic mass is 16.5. The molecule has 0 aliphatic carbocycles. The summed E-state index contributed by atoms with van der Waals surface area (Å²) in [5.41, 5.74) is 0. The summed E-state index contributed by atoms with van der Waals surface area (Å²) in [7, 11) is 0. The lowest BCUT2D eigenvalue weighted by Crippen LogP contribution is -2.52. The predicted octanol–water partition coefficient (Wildman–Crippen LogP) is 0.825. The Bertz CT molecular complexity index is 182. The molecule has 1 aliphatic heterocycles. The highest BCUT2D eigenvalue weighted by Gasteiger charge is 2.23. The van der Waals surface area contributed by atoms with E-state index in [2.05, 4.69) is 5.32 Å². The third-order valence-electron chi connectivity index (χ3n) is 2.04. The summed E-state index contributed by atoms with van der Waals surface area (Å²) in [6, 6.07) is 0.404. The van der Waals surface area contributed by atoms with Crippen molar-refractivity contribution < 1.29 is 9.53 Å². The molecule has 0 spiro atoms. The predicted molar refractivity (Wildman–Crippen MR) is 50.7 cm³/mol. The second-order valence-corrected chi connectivity index (χ2v) is 3.72. The van der Waals surface area contributed by atoms with Crippen molar-refractivity contribution in [3.8, 4) is 0 Å². The molecule has 0 saturated carbocycles. The zero-order chi connectivity index (χ0) is 9.84. The van der Waals surface area contributed by atoms with Crippen molar-refractivity contribution in [3.63, 3.8) is 0 Å². The van der Waals surface area contributed by atoms with Gasteiger partial charge in [0.05, 0.1) is 19.3 Å². The molecular weight excluding hydrogens is 168 g/mol. The minimum atomic E-state index is 0.0193. The Morgan fingerprint density at radius 3 is 2.85 bits per heavy atom. The maximum atomic E-state index is 11.6. The van der Waals surface area contributed by atoms with Crippen molar-refractivity contribution in [2.24, 2.45) is 0 Å². The molecule has 2 amide bonds. The average Bonchev–Trinajstić information content (AvgIpc) is 2.03. The number of ether oxygens (including phenoxy) is 1. The van der Waals surface area contributed by atoms with Crippen molar-refractivity contribution in [3.05, 3.63) is 0 Å². The molecule has 1 saturated heterocycles. The molecule has 1 fully saturated rings. The molecule has 1 atom stereocenters. The third-order valence-corrected chi connectivity index (χ3v) is 2.04. The molecule has 4 nitrogen and oxygen atoms in total. The third kappa shape index (κ3) is 2.88. The van der Waals surface area contributed by atoms with Crippen LogP contribution in [-0.4, -0.2) is 42.8 Å². The fraction of sp³-hybridized carbons (Fsp3) is 0.889. The minimum absolute atomic E-state index is 0.0193. The van der Waals surface area contributed by atoms with Crippen molar-refractivity contribution >= 4 is 6.03 Å². The molecule has 0 radical (unpaired) electrons. The van der Waals surface area contributed by atoms with Crippen molar-refractivity contribution in [1.29, 1.82) is 0 Å². The second kappa shape index (κ2) is 4.46. The summed E-state index contributed by atoms with van der Waals surface area (Å²) in [4.78, 5) is 13.4. The Hall–Kier alpha value is -0.770. The molecule has 0 bridgehead atoms. The van der Waals surface area contributed by atoms with Crippen molar-refractivity contribution in [2.45, 2.75) is 32.9 Å². The number of carbonyl (C=O) groups excluding carboxylic acids is 1. The molecule has 0 aromatic carbocycles. The number of rotatable bonds is 1. The number of hydrogen-bond acceptors (Lipinski definition) is 2. The molecule has 0 aromatic heterocycles. The number of hydrogen-bond donors (Lipinski definition) is 1. The molecule has 1 N–H and O–H groups in total. The van der Waals surface area contributed by atoms with E-state index in [0.29, 0.717) is 19.8 Å². The zero-order valence-corrected chi connectivity index (χ0v) is 8.54. The van der Waals surface area contributed by atoms with Gasteiger partial charge in [-0.3, -0.25) is 0 Å². The molecule has 0 aromatic rings. The zero-order valence-electron chi connectivity index (χ0n) is 8.54. The second-order valence-electron chi connectivity index (χ2n) is 3.72. The molecule has 1 heterocycles. The van der Waals surface area contributed by atoms with E-state index < -0.39 is 0 Å². The van der Waals surface area contributed by atoms with Crippen LogP contribution in [0, 0.1) is 0 Å². The first kappa shape index (κ1) is 10.3. The first-order valence-corrected chi connectivity index (χ1v) is 4.76. The van der Waals surface area contributed by atoms with Gasteiger partial charge in [-0.25, -0.2) is 4.79 Å². The number of morpholine rings is 1. The van der Waals surface area contributed by atoms with Crippen LogP contribution in [0.2, 0.25) is 0 Å². The first-order chi connectivity index (χ1) is 6.11. The largest absolute Gasteiger partial charge is 0.377 e. The maximum Gasteiger partial charge on any atom is 0.317 e. The number of carbonyl (C=O) groups is 1. The lowest BCUT2D eigenvalue weighted by Gasteiger charge is -2.33. The normalized spacial score (nSPS) is 23.4. The van der Waals surface area contributed by atoms with Crippen LogP contribution >= 0.6 is 0 Å². The van der Waals surface area contributed by atoms with Crippen LogP contribution in [0.4, 0.5) is 4.79 Å². The molecular formula is C9H18N2O2. The van der Waals surface area contributed by atoms with Crippen LogP contribution in [0.15, 0.2) is 0 Å². The van der Waals surface area contributed by atoms with E-state index in [1.165, 1.54) is 0 Å². The number of nitrogens with one attached hydrogen (secondary N) is 1. The number of amides is 2. The highest BCUT2D eigenvalue weighted by molar-refractivity contribution is 5.74. The van der Waals surface area contributed by atoms with Gasteiger partial charge >= 0.3 is 6.03 Å². The Labute approximate surface area is 79.2 Å². The summed E-state index contributed by atoms with van der Waals surface area (Å²) in [5, 5.41) is 2.87. The average molecular weight is 186 g/mol. The van der Waals surface area contributed by atoms with E-state index in [-0.39, 0.29) is 18.1 Å². The van der Waals surface area contributed by atoms with Gasteiger partial charge in [-0.15, -0.1) is 0 Å². The molecule has 76 valence electrons. The fourth-order valence-electron chi connectivity index (χ4n) is 1.36. The van der Waals surface area contributed by atoms with Crippen LogP contribution in [0.25, 0.3) is 0 Å². The van der Waals surface area contributed by atoms with E-state index in [9.17, 15) is 4.79 Å². The SMILES string of the molecule is CC(C)NC(=O)N1CCOC[C@H]1C. The van der Waals surface area contributed by atoms with Gasteiger partial charge in [-0.05, 0) is 20.8 Å². The quantitative estimate of drug-likeness (QED) is 0.659. The molecule has 0 unspecified atom stereocenters. The van der Waals surface area contributed by atoms with Crippen LogP contribution in [0.5, 0.6) is 0 Å². The lowest BCUT2D eigenvalue weighted by molar-refractivity contribution is 0.0186. The molecule has 1 rings (SSSR count). The molecule has 1 aliphatic rings. The van der Waals surface area contributed by atoms with Gasteiger partial charge < -0.3 is 15.0 Å². The summed E-state index contributed by atoms with van der Waals surface area (Å²) >= 11 is 0. The van der Waals surface area contributed by atoms with Crippen LogP contribution in [0.3, 0.4) is 0 Å². The highest BCUT2D eigenvalue weighted by Crippen LogP contribution is 2.06. The summed E-state index contributed by atoms with van der Waals surface area (Å²) in [5.74, 6) is 0. The standard InChI is InChI=1S/C9H18N2O2/c1-7(2)10-9(12)11-4-5-13-6-8(11)3/h7-8H,4-6H2,1-3H3,(H,10,12)/t8-/m1/s1. The summed E-state index contributed by atoms with van der Waals surface area (Å²) in [6.07, 6.45) is 0.